The topological polar surface area (TPSA) is 88.2 Å². The highest BCUT2D eigenvalue weighted by molar-refractivity contribution is 6.31. The van der Waals surface area contributed by atoms with Gasteiger partial charge in [-0.15, -0.1) is 15.0 Å². The summed E-state index contributed by atoms with van der Waals surface area (Å²) in [5, 5.41) is 29.7. The highest BCUT2D eigenvalue weighted by Gasteiger charge is 2.21. The number of aryl methyl sites for hydroxylation is 1. The Balaban J connectivity index is 1.83. The zero-order valence-corrected chi connectivity index (χ0v) is 18.9. The molecule has 0 radical (unpaired) electrons. The molecule has 4 aromatic rings. The zero-order valence-electron chi connectivity index (χ0n) is 18.1. The molecule has 6 nitrogen and oxygen atoms in total. The molecule has 0 aliphatic heterocycles. The predicted octanol–water partition coefficient (Wildman–Crippen LogP) is 5.76. The standard InChI is InChI=1S/C25H24ClN3O3/c1-25(2,3)17-12-19(16-7-4-15(5-8-16)6-11-23(30)31)24(32)22(13-17)29-27-20-10-9-18(26)14-21(20)28-29/h4-5,7-10,12-14,32H,6,11H2,1-3H3,(H,30,31). The van der Waals surface area contributed by atoms with Crippen LogP contribution in [0.5, 0.6) is 5.75 Å². The molecule has 0 saturated carbocycles. The van der Waals surface area contributed by atoms with Crippen molar-refractivity contribution in [2.75, 3.05) is 0 Å². The van der Waals surface area contributed by atoms with Gasteiger partial charge in [-0.1, -0.05) is 56.6 Å². The van der Waals surface area contributed by atoms with E-state index in [-0.39, 0.29) is 17.6 Å². The molecule has 0 spiro atoms. The van der Waals surface area contributed by atoms with Gasteiger partial charge in [0.05, 0.1) is 0 Å². The van der Waals surface area contributed by atoms with Crippen molar-refractivity contribution in [1.29, 1.82) is 0 Å². The second-order valence-corrected chi connectivity index (χ2v) is 9.29. The number of hydrogen-bond acceptors (Lipinski definition) is 4. The Bertz CT molecular complexity index is 1300. The second-order valence-electron chi connectivity index (χ2n) is 8.85. The van der Waals surface area contributed by atoms with Crippen LogP contribution in [0.4, 0.5) is 0 Å². The molecule has 0 bridgehead atoms. The highest BCUT2D eigenvalue weighted by atomic mass is 35.5. The summed E-state index contributed by atoms with van der Waals surface area (Å²) in [6.07, 6.45) is 0.540. The first-order valence-electron chi connectivity index (χ1n) is 10.3. The molecule has 164 valence electrons. The number of aromatic nitrogens is 3. The number of carboxylic acid groups (broad SMARTS) is 1. The van der Waals surface area contributed by atoms with E-state index in [1.54, 1.807) is 18.2 Å². The lowest BCUT2D eigenvalue weighted by molar-refractivity contribution is -0.136. The van der Waals surface area contributed by atoms with Gasteiger partial charge in [0.2, 0.25) is 0 Å². The molecule has 0 aliphatic carbocycles. The Kier molecular flexibility index (Phi) is 5.65. The number of carboxylic acids is 1. The Morgan fingerprint density at radius 1 is 1.00 bits per heavy atom. The quantitative estimate of drug-likeness (QED) is 0.404. The number of phenols is 1. The Hall–Kier alpha value is -3.38. The van der Waals surface area contributed by atoms with E-state index in [0.717, 1.165) is 16.7 Å². The van der Waals surface area contributed by atoms with E-state index in [1.807, 2.05) is 36.4 Å². The zero-order chi connectivity index (χ0) is 23.0. The summed E-state index contributed by atoms with van der Waals surface area (Å²) < 4.78 is 0. The van der Waals surface area contributed by atoms with Gasteiger partial charge in [0.1, 0.15) is 16.7 Å². The van der Waals surface area contributed by atoms with Gasteiger partial charge in [-0.25, -0.2) is 0 Å². The van der Waals surface area contributed by atoms with Crippen molar-refractivity contribution in [3.63, 3.8) is 0 Å². The van der Waals surface area contributed by atoms with Crippen molar-refractivity contribution in [1.82, 2.24) is 15.0 Å². The largest absolute Gasteiger partial charge is 0.505 e. The molecule has 32 heavy (non-hydrogen) atoms. The number of phenolic OH excluding ortho intramolecular Hbond substituents is 1. The molecule has 0 atom stereocenters. The number of fused-ring (bicyclic) bond motifs is 1. The number of aromatic hydroxyl groups is 1. The van der Waals surface area contributed by atoms with E-state index in [2.05, 4.69) is 31.0 Å². The number of halogens is 1. The van der Waals surface area contributed by atoms with Crippen molar-refractivity contribution < 1.29 is 15.0 Å². The van der Waals surface area contributed by atoms with Crippen molar-refractivity contribution >= 4 is 28.6 Å². The molecule has 0 fully saturated rings. The van der Waals surface area contributed by atoms with Gasteiger partial charge in [0.15, 0.2) is 5.75 Å². The van der Waals surface area contributed by atoms with Gasteiger partial charge in [0, 0.05) is 17.0 Å². The average Bonchev–Trinajstić information content (AvgIpc) is 3.15. The Labute approximate surface area is 191 Å². The average molecular weight is 450 g/mol. The van der Waals surface area contributed by atoms with Crippen LogP contribution in [0.2, 0.25) is 5.02 Å². The van der Waals surface area contributed by atoms with Crippen molar-refractivity contribution in [2.45, 2.75) is 39.0 Å². The fourth-order valence-electron chi connectivity index (χ4n) is 3.52. The summed E-state index contributed by atoms with van der Waals surface area (Å²) >= 11 is 6.09. The van der Waals surface area contributed by atoms with Crippen molar-refractivity contribution in [2.24, 2.45) is 0 Å². The fourth-order valence-corrected chi connectivity index (χ4v) is 3.69. The minimum Gasteiger partial charge on any atom is -0.505 e. The number of aliphatic carboxylic acids is 1. The van der Waals surface area contributed by atoms with E-state index in [4.69, 9.17) is 16.7 Å². The minimum absolute atomic E-state index is 0.0719. The molecular weight excluding hydrogens is 426 g/mol. The van der Waals surface area contributed by atoms with Gasteiger partial charge >= 0.3 is 5.97 Å². The summed E-state index contributed by atoms with van der Waals surface area (Å²) in [4.78, 5) is 12.3. The second kappa shape index (κ2) is 8.28. The van der Waals surface area contributed by atoms with Crippen LogP contribution in [0.15, 0.2) is 54.6 Å². The van der Waals surface area contributed by atoms with Gasteiger partial charge in [-0.05, 0) is 58.9 Å². The highest BCUT2D eigenvalue weighted by Crippen LogP contribution is 2.39. The summed E-state index contributed by atoms with van der Waals surface area (Å²) in [5.41, 5.74) is 5.07. The van der Waals surface area contributed by atoms with Crippen molar-refractivity contribution in [3.05, 3.63) is 70.7 Å². The molecule has 2 N–H and O–H groups in total. The Morgan fingerprint density at radius 3 is 2.34 bits per heavy atom. The maximum atomic E-state index is 11.2. The summed E-state index contributed by atoms with van der Waals surface area (Å²) in [6.45, 7) is 6.32. The molecular formula is C25H24ClN3O3. The van der Waals surface area contributed by atoms with E-state index >= 15 is 0 Å². The molecule has 7 heteroatoms. The molecule has 0 unspecified atom stereocenters. The monoisotopic (exact) mass is 449 g/mol. The van der Waals surface area contributed by atoms with Gasteiger partial charge < -0.3 is 10.2 Å². The van der Waals surface area contributed by atoms with Crippen LogP contribution < -0.4 is 0 Å². The third-order valence-electron chi connectivity index (χ3n) is 5.41. The smallest absolute Gasteiger partial charge is 0.303 e. The molecule has 0 amide bonds. The van der Waals surface area contributed by atoms with Gasteiger partial charge in [0.25, 0.3) is 0 Å². The summed E-state index contributed by atoms with van der Waals surface area (Å²) in [7, 11) is 0. The maximum absolute atomic E-state index is 11.2. The first-order valence-corrected chi connectivity index (χ1v) is 10.7. The SMILES string of the molecule is CC(C)(C)c1cc(-c2ccc(CCC(=O)O)cc2)c(O)c(-n2nc3ccc(Cl)cc3n2)c1. The number of benzene rings is 3. The van der Waals surface area contributed by atoms with Crippen LogP contribution in [0.1, 0.15) is 38.3 Å². The first-order chi connectivity index (χ1) is 15.1. The van der Waals surface area contributed by atoms with E-state index in [1.165, 1.54) is 4.80 Å². The van der Waals surface area contributed by atoms with Crippen LogP contribution >= 0.6 is 11.6 Å². The lowest BCUT2D eigenvalue weighted by atomic mass is 9.84. The van der Waals surface area contributed by atoms with Crippen LogP contribution in [0, 0.1) is 0 Å². The molecule has 4 rings (SSSR count). The summed E-state index contributed by atoms with van der Waals surface area (Å²) in [6, 6.07) is 16.7. The van der Waals surface area contributed by atoms with E-state index in [9.17, 15) is 9.90 Å². The fraction of sp³-hybridized carbons (Fsp3) is 0.240. The normalized spacial score (nSPS) is 11.8. The van der Waals surface area contributed by atoms with Crippen molar-refractivity contribution in [3.8, 4) is 22.6 Å². The van der Waals surface area contributed by atoms with Gasteiger partial charge in [-0.2, -0.15) is 0 Å². The molecule has 1 heterocycles. The molecule has 3 aromatic carbocycles. The van der Waals surface area contributed by atoms with Crippen LogP contribution in [-0.4, -0.2) is 31.2 Å². The lowest BCUT2D eigenvalue weighted by Crippen LogP contribution is -2.13. The Morgan fingerprint density at radius 2 is 1.69 bits per heavy atom. The summed E-state index contributed by atoms with van der Waals surface area (Å²) in [5.74, 6) is -0.752. The number of nitrogens with zero attached hydrogens (tertiary/aromatic N) is 3. The lowest BCUT2D eigenvalue weighted by Gasteiger charge is -2.22. The number of hydrogen-bond donors (Lipinski definition) is 2. The molecule has 1 aromatic heterocycles. The molecule has 0 saturated heterocycles. The molecule has 0 aliphatic rings. The third kappa shape index (κ3) is 4.46. The van der Waals surface area contributed by atoms with E-state index in [0.29, 0.717) is 33.7 Å². The van der Waals surface area contributed by atoms with Gasteiger partial charge in [-0.3, -0.25) is 4.79 Å². The predicted molar refractivity (Wildman–Crippen MR) is 126 cm³/mol. The minimum atomic E-state index is -0.824. The maximum Gasteiger partial charge on any atom is 0.303 e. The van der Waals surface area contributed by atoms with E-state index < -0.39 is 5.97 Å². The third-order valence-corrected chi connectivity index (χ3v) is 5.64. The van der Waals surface area contributed by atoms with Crippen LogP contribution in [-0.2, 0) is 16.6 Å². The number of carbonyl (C=O) groups is 1. The van der Waals surface area contributed by atoms with Crippen LogP contribution in [0.25, 0.3) is 27.8 Å². The van der Waals surface area contributed by atoms with Crippen LogP contribution in [0.3, 0.4) is 0 Å². The first kappa shape index (κ1) is 21.8. The number of rotatable bonds is 5.